The molecule has 0 aliphatic carbocycles. The highest BCUT2D eigenvalue weighted by Crippen LogP contribution is 2.33. The van der Waals surface area contributed by atoms with Gasteiger partial charge in [-0.15, -0.1) is 0 Å². The first-order valence-corrected chi connectivity index (χ1v) is 10.3. The Morgan fingerprint density at radius 1 is 1.16 bits per heavy atom. The fourth-order valence-electron chi connectivity index (χ4n) is 3.42. The lowest BCUT2D eigenvalue weighted by Crippen LogP contribution is -2.34. The van der Waals surface area contributed by atoms with Gasteiger partial charge in [-0.05, 0) is 34.5 Å². The Kier molecular flexibility index (Phi) is 5.61. The highest BCUT2D eigenvalue weighted by Gasteiger charge is 2.24. The maximum absolute atomic E-state index is 13.0. The van der Waals surface area contributed by atoms with Gasteiger partial charge in [-0.1, -0.05) is 54.9 Å². The number of amides is 1. The summed E-state index contributed by atoms with van der Waals surface area (Å²) in [6, 6.07) is 13.6. The second-order valence-electron chi connectivity index (χ2n) is 7.65. The van der Waals surface area contributed by atoms with Crippen LogP contribution in [-0.2, 0) is 11.3 Å². The zero-order valence-corrected chi connectivity index (χ0v) is 18.2. The molecule has 0 aliphatic rings. The minimum absolute atomic E-state index is 0.0854. The summed E-state index contributed by atoms with van der Waals surface area (Å²) in [5.74, 6) is 0.732. The molecule has 0 spiro atoms. The molecule has 31 heavy (non-hydrogen) atoms. The predicted octanol–water partition coefficient (Wildman–Crippen LogP) is 5.02. The minimum atomic E-state index is -0.232. The fourth-order valence-corrected chi connectivity index (χ4v) is 3.69. The Morgan fingerprint density at radius 2 is 1.94 bits per heavy atom. The molecule has 2 aromatic carbocycles. The number of nitrogens with zero attached hydrogens (tertiary/aromatic N) is 4. The summed E-state index contributed by atoms with van der Waals surface area (Å²) in [6.07, 6.45) is 1.52. The molecule has 0 aliphatic heterocycles. The molecule has 0 saturated heterocycles. The molecule has 1 amide bonds. The molecule has 7 nitrogen and oxygen atoms in total. The molecule has 0 saturated carbocycles. The predicted molar refractivity (Wildman–Crippen MR) is 122 cm³/mol. The highest BCUT2D eigenvalue weighted by molar-refractivity contribution is 6.33. The Hall–Kier alpha value is -3.45. The molecule has 0 unspecified atom stereocenters. The van der Waals surface area contributed by atoms with Crippen molar-refractivity contribution in [3.63, 3.8) is 0 Å². The second-order valence-corrected chi connectivity index (χ2v) is 8.01. The van der Waals surface area contributed by atoms with E-state index in [4.69, 9.17) is 21.9 Å². The van der Waals surface area contributed by atoms with Crippen molar-refractivity contribution in [1.82, 2.24) is 15.1 Å². The van der Waals surface area contributed by atoms with E-state index in [1.807, 2.05) is 50.2 Å². The third kappa shape index (κ3) is 4.22. The van der Waals surface area contributed by atoms with Crippen LogP contribution in [-0.4, -0.2) is 21.0 Å². The van der Waals surface area contributed by atoms with Crippen molar-refractivity contribution in [2.75, 3.05) is 10.6 Å². The number of pyridine rings is 1. The number of aryl methyl sites for hydroxylation is 1. The Labute approximate surface area is 184 Å². The number of carbonyl (C=O) groups is 1. The molecule has 4 aromatic rings. The van der Waals surface area contributed by atoms with Crippen LogP contribution >= 0.6 is 11.6 Å². The molecule has 0 radical (unpaired) electrons. The molecular weight excluding hydrogens is 414 g/mol. The number of anilines is 2. The number of nitrogens with two attached hydrogens (primary N) is 1. The van der Waals surface area contributed by atoms with Gasteiger partial charge in [-0.2, -0.15) is 4.98 Å². The van der Waals surface area contributed by atoms with Crippen LogP contribution in [0.5, 0.6) is 0 Å². The number of benzene rings is 2. The SMILES string of the molecule is Cc1nc(-c2ccc3ccc(CN(C(=O)C(C)C)c4c(N)ccnc4Cl)cc3c2)no1. The van der Waals surface area contributed by atoms with E-state index < -0.39 is 0 Å². The average molecular weight is 436 g/mol. The van der Waals surface area contributed by atoms with Gasteiger partial charge in [0.15, 0.2) is 5.15 Å². The van der Waals surface area contributed by atoms with Crippen LogP contribution in [0.15, 0.2) is 53.2 Å². The second kappa shape index (κ2) is 8.35. The first kappa shape index (κ1) is 20.8. The van der Waals surface area contributed by atoms with Gasteiger partial charge >= 0.3 is 0 Å². The van der Waals surface area contributed by atoms with E-state index >= 15 is 0 Å². The summed E-state index contributed by atoms with van der Waals surface area (Å²) >= 11 is 6.32. The topological polar surface area (TPSA) is 98.1 Å². The van der Waals surface area contributed by atoms with Crippen LogP contribution < -0.4 is 10.6 Å². The van der Waals surface area contributed by atoms with Crippen molar-refractivity contribution < 1.29 is 9.32 Å². The van der Waals surface area contributed by atoms with Crippen LogP contribution in [0.25, 0.3) is 22.2 Å². The number of hydrogen-bond acceptors (Lipinski definition) is 6. The number of rotatable bonds is 5. The fraction of sp³-hybridized carbons (Fsp3) is 0.217. The first-order valence-electron chi connectivity index (χ1n) is 9.88. The van der Waals surface area contributed by atoms with E-state index in [1.54, 1.807) is 17.9 Å². The standard InChI is InChI=1S/C23H22ClN5O2/c1-13(2)23(30)29(20-19(25)8-9-26-21(20)24)12-15-4-5-16-6-7-17(11-18(16)10-15)22-27-14(3)31-28-22/h4-11,13H,12H2,1-3H3,(H2,25,26). The molecule has 2 N–H and O–H groups in total. The quantitative estimate of drug-likeness (QED) is 0.442. The first-order chi connectivity index (χ1) is 14.8. The third-order valence-electron chi connectivity index (χ3n) is 4.97. The van der Waals surface area contributed by atoms with Gasteiger partial charge in [-0.3, -0.25) is 4.79 Å². The lowest BCUT2D eigenvalue weighted by Gasteiger charge is -2.26. The minimum Gasteiger partial charge on any atom is -0.397 e. The van der Waals surface area contributed by atoms with E-state index in [9.17, 15) is 4.79 Å². The molecule has 4 rings (SSSR count). The Bertz CT molecular complexity index is 1250. The molecule has 0 atom stereocenters. The number of nitrogen functional groups attached to an aromatic ring is 1. The van der Waals surface area contributed by atoms with Crippen molar-refractivity contribution in [1.29, 1.82) is 0 Å². The van der Waals surface area contributed by atoms with Gasteiger partial charge in [0.1, 0.15) is 5.69 Å². The number of carbonyl (C=O) groups excluding carboxylic acids is 1. The maximum atomic E-state index is 13.0. The van der Waals surface area contributed by atoms with Crippen molar-refractivity contribution in [2.45, 2.75) is 27.3 Å². The normalized spacial score (nSPS) is 11.3. The van der Waals surface area contributed by atoms with Gasteiger partial charge in [0.05, 0.1) is 12.2 Å². The van der Waals surface area contributed by atoms with E-state index in [-0.39, 0.29) is 17.0 Å². The summed E-state index contributed by atoms with van der Waals surface area (Å²) in [5, 5.41) is 6.25. The zero-order valence-electron chi connectivity index (χ0n) is 17.5. The molecular formula is C23H22ClN5O2. The molecule has 0 bridgehead atoms. The molecule has 2 heterocycles. The van der Waals surface area contributed by atoms with Crippen molar-refractivity contribution in [3.05, 3.63) is 65.3 Å². The van der Waals surface area contributed by atoms with Crippen LogP contribution in [0.2, 0.25) is 5.15 Å². The van der Waals surface area contributed by atoms with E-state index in [1.165, 1.54) is 6.20 Å². The number of fused-ring (bicyclic) bond motifs is 1. The third-order valence-corrected chi connectivity index (χ3v) is 5.25. The molecule has 2 aromatic heterocycles. The van der Waals surface area contributed by atoms with E-state index in [0.29, 0.717) is 29.6 Å². The van der Waals surface area contributed by atoms with Crippen molar-refractivity contribution in [3.8, 4) is 11.4 Å². The van der Waals surface area contributed by atoms with Crippen LogP contribution in [0.3, 0.4) is 0 Å². The summed E-state index contributed by atoms with van der Waals surface area (Å²) in [4.78, 5) is 23.0. The lowest BCUT2D eigenvalue weighted by atomic mass is 10.0. The van der Waals surface area contributed by atoms with Gasteiger partial charge in [-0.25, -0.2) is 4.98 Å². The summed E-state index contributed by atoms with van der Waals surface area (Å²) in [5.41, 5.74) is 8.78. The van der Waals surface area contributed by atoms with Crippen LogP contribution in [0.4, 0.5) is 11.4 Å². The molecule has 8 heteroatoms. The molecule has 158 valence electrons. The lowest BCUT2D eigenvalue weighted by molar-refractivity contribution is -0.121. The number of hydrogen-bond donors (Lipinski definition) is 1. The van der Waals surface area contributed by atoms with Gasteiger partial charge in [0.25, 0.3) is 0 Å². The summed E-state index contributed by atoms with van der Waals surface area (Å²) in [6.45, 7) is 5.75. The maximum Gasteiger partial charge on any atom is 0.229 e. The Balaban J connectivity index is 1.74. The van der Waals surface area contributed by atoms with Crippen molar-refractivity contribution in [2.24, 2.45) is 5.92 Å². The van der Waals surface area contributed by atoms with Gasteiger partial charge in [0.2, 0.25) is 17.6 Å². The highest BCUT2D eigenvalue weighted by atomic mass is 35.5. The largest absolute Gasteiger partial charge is 0.397 e. The smallest absolute Gasteiger partial charge is 0.229 e. The average Bonchev–Trinajstić information content (AvgIpc) is 3.18. The van der Waals surface area contributed by atoms with Crippen LogP contribution in [0, 0.1) is 12.8 Å². The van der Waals surface area contributed by atoms with E-state index in [2.05, 4.69) is 15.1 Å². The zero-order chi connectivity index (χ0) is 22.1. The Morgan fingerprint density at radius 3 is 2.61 bits per heavy atom. The van der Waals surface area contributed by atoms with E-state index in [0.717, 1.165) is 21.9 Å². The van der Waals surface area contributed by atoms with Crippen LogP contribution in [0.1, 0.15) is 25.3 Å². The monoisotopic (exact) mass is 435 g/mol. The number of halogens is 1. The van der Waals surface area contributed by atoms with Gasteiger partial charge < -0.3 is 15.2 Å². The molecule has 0 fully saturated rings. The summed E-state index contributed by atoms with van der Waals surface area (Å²) in [7, 11) is 0. The number of aromatic nitrogens is 3. The van der Waals surface area contributed by atoms with Crippen molar-refractivity contribution >= 4 is 39.7 Å². The summed E-state index contributed by atoms with van der Waals surface area (Å²) < 4.78 is 5.09. The van der Waals surface area contributed by atoms with Gasteiger partial charge in [0, 0.05) is 24.6 Å².